The highest BCUT2D eigenvalue weighted by atomic mass is 16.5. The molecule has 0 unspecified atom stereocenters. The number of carbonyl (C=O) groups excluding carboxylic acids is 1. The van der Waals surface area contributed by atoms with Gasteiger partial charge in [0, 0.05) is 11.3 Å². The van der Waals surface area contributed by atoms with Crippen LogP contribution in [0.5, 0.6) is 0 Å². The lowest BCUT2D eigenvalue weighted by Gasteiger charge is -2.70. The van der Waals surface area contributed by atoms with Gasteiger partial charge in [-0.1, -0.05) is 58.4 Å². The molecule has 0 aromatic carbocycles. The van der Waals surface area contributed by atoms with Crippen molar-refractivity contribution in [3.8, 4) is 0 Å². The van der Waals surface area contributed by atoms with Crippen molar-refractivity contribution in [2.75, 3.05) is 0 Å². The summed E-state index contributed by atoms with van der Waals surface area (Å²) in [6.07, 6.45) is 10.3. The first-order chi connectivity index (χ1) is 19.3. The van der Waals surface area contributed by atoms with Gasteiger partial charge in [-0.2, -0.15) is 0 Å². The fraction of sp³-hybridized carbons (Fsp3) is 0.806. The molecule has 0 aliphatic heterocycles. The molecule has 5 aliphatic rings. The molecule has 42 heavy (non-hydrogen) atoms. The van der Waals surface area contributed by atoms with Crippen LogP contribution in [0, 0.1) is 56.2 Å². The number of esters is 1. The van der Waals surface area contributed by atoms with Gasteiger partial charge in [-0.3, -0.25) is 14.4 Å². The van der Waals surface area contributed by atoms with E-state index in [1.54, 1.807) is 13.8 Å². The van der Waals surface area contributed by atoms with Crippen molar-refractivity contribution < 1.29 is 29.3 Å². The number of hydrogen-bond donors (Lipinski definition) is 2. The van der Waals surface area contributed by atoms with Crippen LogP contribution >= 0.6 is 0 Å². The SMILES string of the molecule is C=C(C)[C@@H]1CC[C@]2(C(=O)O)CC[C@]3(C)C(=CC[C@@H]4[C@@]5(C)CC[C@H](OC(=O)CC(C)(C)C(=O)O)C(C)(C)[C@@H]5CC[C@]43C)[C@@H]12. The average Bonchev–Trinajstić information content (AvgIpc) is 3.27. The van der Waals surface area contributed by atoms with E-state index in [2.05, 4.69) is 54.2 Å². The molecule has 4 fully saturated rings. The van der Waals surface area contributed by atoms with E-state index in [0.29, 0.717) is 11.8 Å². The van der Waals surface area contributed by atoms with Crippen molar-refractivity contribution in [2.24, 2.45) is 56.2 Å². The van der Waals surface area contributed by atoms with Crippen LogP contribution in [-0.2, 0) is 19.1 Å². The molecule has 5 aliphatic carbocycles. The van der Waals surface area contributed by atoms with Crippen LogP contribution < -0.4 is 0 Å². The minimum atomic E-state index is -1.15. The summed E-state index contributed by atoms with van der Waals surface area (Å²) in [4.78, 5) is 37.4. The van der Waals surface area contributed by atoms with E-state index in [4.69, 9.17) is 4.74 Å². The molecule has 5 rings (SSSR count). The van der Waals surface area contributed by atoms with Gasteiger partial charge in [-0.15, -0.1) is 0 Å². The molecule has 4 saturated carbocycles. The van der Waals surface area contributed by atoms with E-state index in [0.717, 1.165) is 63.4 Å². The number of hydrogen-bond acceptors (Lipinski definition) is 4. The lowest BCUT2D eigenvalue weighted by Crippen LogP contribution is -2.64. The Morgan fingerprint density at radius 3 is 2.21 bits per heavy atom. The normalized spacial score (nSPS) is 44.0. The molecule has 0 aromatic heterocycles. The fourth-order valence-corrected chi connectivity index (χ4v) is 11.5. The highest BCUT2D eigenvalue weighted by Gasteiger charge is 2.70. The lowest BCUT2D eigenvalue weighted by molar-refractivity contribution is -0.212. The Balaban J connectivity index is 1.46. The van der Waals surface area contributed by atoms with Crippen molar-refractivity contribution >= 4 is 17.9 Å². The second-order valence-electron chi connectivity index (χ2n) is 16.9. The molecule has 0 aromatic rings. The highest BCUT2D eigenvalue weighted by Crippen LogP contribution is 2.76. The van der Waals surface area contributed by atoms with E-state index in [1.165, 1.54) is 5.57 Å². The maximum absolute atomic E-state index is 12.9. The van der Waals surface area contributed by atoms with Crippen LogP contribution in [0.4, 0.5) is 0 Å². The lowest BCUT2D eigenvalue weighted by atomic mass is 9.34. The van der Waals surface area contributed by atoms with Gasteiger partial charge < -0.3 is 14.9 Å². The van der Waals surface area contributed by atoms with Gasteiger partial charge in [0.25, 0.3) is 0 Å². The highest BCUT2D eigenvalue weighted by molar-refractivity contribution is 5.81. The zero-order valence-corrected chi connectivity index (χ0v) is 27.3. The first-order valence-corrected chi connectivity index (χ1v) is 16.3. The second-order valence-corrected chi connectivity index (χ2v) is 16.9. The Kier molecular flexibility index (Phi) is 7.23. The minimum Gasteiger partial charge on any atom is -0.481 e. The quantitative estimate of drug-likeness (QED) is 0.243. The fourth-order valence-electron chi connectivity index (χ4n) is 11.5. The summed E-state index contributed by atoms with van der Waals surface area (Å²) in [6, 6.07) is 0. The molecule has 234 valence electrons. The number of fused-ring (bicyclic) bond motifs is 7. The average molecular weight is 583 g/mol. The van der Waals surface area contributed by atoms with Crippen molar-refractivity contribution in [2.45, 2.75) is 126 Å². The number of carboxylic acid groups (broad SMARTS) is 2. The summed E-state index contributed by atoms with van der Waals surface area (Å²) >= 11 is 0. The molecule has 6 heteroatoms. The predicted molar refractivity (Wildman–Crippen MR) is 162 cm³/mol. The topological polar surface area (TPSA) is 101 Å². The van der Waals surface area contributed by atoms with E-state index in [-0.39, 0.29) is 46.0 Å². The number of ether oxygens (including phenoxy) is 1. The molecule has 0 bridgehead atoms. The number of carboxylic acids is 2. The van der Waals surface area contributed by atoms with E-state index in [9.17, 15) is 24.6 Å². The molecule has 0 heterocycles. The van der Waals surface area contributed by atoms with Crippen LogP contribution in [0.15, 0.2) is 23.8 Å². The number of carbonyl (C=O) groups is 3. The van der Waals surface area contributed by atoms with Gasteiger partial charge in [0.1, 0.15) is 6.10 Å². The maximum atomic E-state index is 12.9. The Morgan fingerprint density at radius 1 is 0.952 bits per heavy atom. The molecular formula is C36H54O6. The molecular weight excluding hydrogens is 528 g/mol. The van der Waals surface area contributed by atoms with Crippen molar-refractivity contribution in [3.63, 3.8) is 0 Å². The van der Waals surface area contributed by atoms with Crippen molar-refractivity contribution in [1.29, 1.82) is 0 Å². The zero-order chi connectivity index (χ0) is 31.3. The largest absolute Gasteiger partial charge is 0.481 e. The van der Waals surface area contributed by atoms with Crippen molar-refractivity contribution in [1.82, 2.24) is 0 Å². The molecule has 0 amide bonds. The summed E-state index contributed by atoms with van der Waals surface area (Å²) in [7, 11) is 0. The third-order valence-electron chi connectivity index (χ3n) is 14.3. The molecule has 9 atom stereocenters. The van der Waals surface area contributed by atoms with Crippen LogP contribution in [0.3, 0.4) is 0 Å². The number of aliphatic carboxylic acids is 2. The standard InChI is InChI=1S/C36H54O6/c1-21(2)22-12-17-36(30(40)41)19-18-34(8)23(28(22)36)10-11-25-33(7)15-14-26(42-27(37)20-31(3,4)29(38)39)32(5,6)24(33)13-16-35(25,34)9/h10,22,24-26,28H,1,11-20H2,2-9H3,(H,38,39)(H,40,41)/t22-,24-,25+,26-,28+,33-,34+,35+,36-/m0/s1. The van der Waals surface area contributed by atoms with Crippen LogP contribution in [0.2, 0.25) is 0 Å². The molecule has 0 spiro atoms. The summed E-state index contributed by atoms with van der Waals surface area (Å²) in [5.74, 6) is -0.933. The van der Waals surface area contributed by atoms with Gasteiger partial charge in [-0.05, 0) is 113 Å². The third kappa shape index (κ3) is 4.12. The first kappa shape index (κ1) is 31.3. The Hall–Kier alpha value is -2.11. The minimum absolute atomic E-state index is 0.0381. The van der Waals surface area contributed by atoms with Gasteiger partial charge >= 0.3 is 17.9 Å². The Bertz CT molecular complexity index is 1230. The van der Waals surface area contributed by atoms with Crippen LogP contribution in [0.1, 0.15) is 120 Å². The number of rotatable bonds is 6. The summed E-state index contributed by atoms with van der Waals surface area (Å²) in [5, 5.41) is 20.1. The smallest absolute Gasteiger partial charge is 0.310 e. The first-order valence-electron chi connectivity index (χ1n) is 16.3. The third-order valence-corrected chi connectivity index (χ3v) is 14.3. The molecule has 2 N–H and O–H groups in total. The maximum Gasteiger partial charge on any atom is 0.310 e. The predicted octanol–water partition coefficient (Wildman–Crippen LogP) is 8.06. The second kappa shape index (κ2) is 9.69. The van der Waals surface area contributed by atoms with E-state index >= 15 is 0 Å². The molecule has 0 radical (unpaired) electrons. The molecule has 0 saturated heterocycles. The number of allylic oxidation sites excluding steroid dienone is 3. The van der Waals surface area contributed by atoms with Gasteiger partial charge in [0.15, 0.2) is 0 Å². The van der Waals surface area contributed by atoms with E-state index < -0.39 is 28.7 Å². The monoisotopic (exact) mass is 582 g/mol. The van der Waals surface area contributed by atoms with Gasteiger partial charge in [-0.25, -0.2) is 0 Å². The zero-order valence-electron chi connectivity index (χ0n) is 27.3. The summed E-state index contributed by atoms with van der Waals surface area (Å²) < 4.78 is 6.09. The van der Waals surface area contributed by atoms with Crippen molar-refractivity contribution in [3.05, 3.63) is 23.8 Å². The Labute approximate surface area is 252 Å². The molecule has 6 nitrogen and oxygen atoms in total. The summed E-state index contributed by atoms with van der Waals surface area (Å²) in [5.41, 5.74) is 0.543. The Morgan fingerprint density at radius 2 is 1.62 bits per heavy atom. The van der Waals surface area contributed by atoms with Gasteiger partial charge in [0.05, 0.1) is 17.3 Å². The van der Waals surface area contributed by atoms with Gasteiger partial charge in [0.2, 0.25) is 0 Å². The van der Waals surface area contributed by atoms with Crippen LogP contribution in [-0.4, -0.2) is 34.2 Å². The van der Waals surface area contributed by atoms with E-state index in [1.807, 2.05) is 0 Å². The summed E-state index contributed by atoms with van der Waals surface area (Å²) in [6.45, 7) is 21.5. The van der Waals surface area contributed by atoms with Crippen LogP contribution in [0.25, 0.3) is 0 Å².